The summed E-state index contributed by atoms with van der Waals surface area (Å²) in [5.41, 5.74) is 0. The SMILES string of the molecule is Cc1ccc(CN(C)C(=O)C2CCCN2S(=O)(=O)c2ccccc2F)o1. The number of rotatable bonds is 5. The van der Waals surface area contributed by atoms with E-state index in [-0.39, 0.29) is 19.0 Å². The molecule has 1 aromatic heterocycles. The summed E-state index contributed by atoms with van der Waals surface area (Å²) in [4.78, 5) is 13.9. The molecule has 1 aliphatic heterocycles. The van der Waals surface area contributed by atoms with Gasteiger partial charge in [-0.1, -0.05) is 12.1 Å². The lowest BCUT2D eigenvalue weighted by molar-refractivity contribution is -0.134. The molecule has 1 saturated heterocycles. The van der Waals surface area contributed by atoms with Crippen LogP contribution in [-0.2, 0) is 21.4 Å². The Bertz CT molecular complexity index is 909. The first kappa shape index (κ1) is 18.6. The van der Waals surface area contributed by atoms with Crippen LogP contribution in [0.1, 0.15) is 24.4 Å². The molecule has 2 heterocycles. The van der Waals surface area contributed by atoms with Crippen molar-refractivity contribution in [2.45, 2.75) is 37.2 Å². The number of furan rings is 1. The second kappa shape index (κ2) is 7.20. The van der Waals surface area contributed by atoms with Crippen LogP contribution in [0.5, 0.6) is 0 Å². The fourth-order valence-electron chi connectivity index (χ4n) is 3.19. The number of benzene rings is 1. The summed E-state index contributed by atoms with van der Waals surface area (Å²) in [5.74, 6) is 0.229. The standard InChI is InChI=1S/C18H21FN2O4S/c1-13-9-10-14(25-13)12-20(2)18(22)16-7-5-11-21(16)26(23,24)17-8-4-3-6-15(17)19/h3-4,6,8-10,16H,5,7,11-12H2,1-2H3. The Hall–Kier alpha value is -2.19. The van der Waals surface area contributed by atoms with Gasteiger partial charge in [-0.15, -0.1) is 0 Å². The van der Waals surface area contributed by atoms with Crippen LogP contribution >= 0.6 is 0 Å². The van der Waals surface area contributed by atoms with Gasteiger partial charge >= 0.3 is 0 Å². The van der Waals surface area contributed by atoms with Crippen LogP contribution in [0.2, 0.25) is 0 Å². The number of halogens is 1. The third-order valence-electron chi connectivity index (χ3n) is 4.48. The molecule has 6 nitrogen and oxygen atoms in total. The van der Waals surface area contributed by atoms with Crippen LogP contribution in [0.3, 0.4) is 0 Å². The fraction of sp³-hybridized carbons (Fsp3) is 0.389. The number of likely N-dealkylation sites (N-methyl/N-ethyl adjacent to an activating group) is 1. The summed E-state index contributed by atoms with van der Waals surface area (Å²) in [6, 6.07) is 7.97. The molecule has 3 rings (SSSR count). The quantitative estimate of drug-likeness (QED) is 0.799. The lowest BCUT2D eigenvalue weighted by atomic mass is 10.2. The highest BCUT2D eigenvalue weighted by Gasteiger charge is 2.41. The van der Waals surface area contributed by atoms with E-state index in [4.69, 9.17) is 4.42 Å². The van der Waals surface area contributed by atoms with Crippen molar-refractivity contribution in [3.8, 4) is 0 Å². The number of aryl methyl sites for hydroxylation is 1. The lowest BCUT2D eigenvalue weighted by Gasteiger charge is -2.27. The Morgan fingerprint density at radius 3 is 2.69 bits per heavy atom. The Morgan fingerprint density at radius 2 is 2.04 bits per heavy atom. The van der Waals surface area contributed by atoms with Crippen LogP contribution in [0.25, 0.3) is 0 Å². The number of nitrogens with zero attached hydrogens (tertiary/aromatic N) is 2. The average molecular weight is 380 g/mol. The molecule has 0 N–H and O–H groups in total. The number of amides is 1. The Labute approximate surface area is 152 Å². The second-order valence-corrected chi connectivity index (χ2v) is 8.27. The van der Waals surface area contributed by atoms with Crippen molar-refractivity contribution < 1.29 is 22.0 Å². The smallest absolute Gasteiger partial charge is 0.246 e. The molecule has 2 aromatic rings. The molecule has 0 bridgehead atoms. The molecule has 0 spiro atoms. The summed E-state index contributed by atoms with van der Waals surface area (Å²) >= 11 is 0. The first-order valence-electron chi connectivity index (χ1n) is 8.37. The Morgan fingerprint density at radius 1 is 1.31 bits per heavy atom. The summed E-state index contributed by atoms with van der Waals surface area (Å²) in [6.45, 7) is 2.25. The van der Waals surface area contributed by atoms with Gasteiger partial charge in [0.2, 0.25) is 15.9 Å². The Balaban J connectivity index is 1.81. The maximum atomic E-state index is 14.0. The molecule has 8 heteroatoms. The van der Waals surface area contributed by atoms with Crippen LogP contribution in [-0.4, -0.2) is 43.2 Å². The van der Waals surface area contributed by atoms with E-state index < -0.39 is 26.8 Å². The predicted octanol–water partition coefficient (Wildman–Crippen LogP) is 2.54. The number of carbonyl (C=O) groups is 1. The van der Waals surface area contributed by atoms with Gasteiger partial charge in [0.15, 0.2) is 0 Å². The van der Waals surface area contributed by atoms with Gasteiger partial charge in [-0.05, 0) is 44.0 Å². The average Bonchev–Trinajstić information content (AvgIpc) is 3.23. The van der Waals surface area contributed by atoms with Crippen LogP contribution in [0, 0.1) is 12.7 Å². The van der Waals surface area contributed by atoms with E-state index in [1.165, 1.54) is 23.1 Å². The highest BCUT2D eigenvalue weighted by atomic mass is 32.2. The normalized spacial score (nSPS) is 18.2. The minimum atomic E-state index is -4.08. The first-order valence-corrected chi connectivity index (χ1v) is 9.81. The van der Waals surface area contributed by atoms with E-state index >= 15 is 0 Å². The van der Waals surface area contributed by atoms with Crippen molar-refractivity contribution in [1.29, 1.82) is 0 Å². The van der Waals surface area contributed by atoms with Gasteiger partial charge < -0.3 is 9.32 Å². The number of hydrogen-bond acceptors (Lipinski definition) is 4. The molecule has 1 aliphatic rings. The zero-order valence-corrected chi connectivity index (χ0v) is 15.5. The molecule has 26 heavy (non-hydrogen) atoms. The molecule has 1 fully saturated rings. The van der Waals surface area contributed by atoms with E-state index in [0.717, 1.165) is 16.1 Å². The third kappa shape index (κ3) is 3.52. The summed E-state index contributed by atoms with van der Waals surface area (Å²) in [5, 5.41) is 0. The molecule has 1 unspecified atom stereocenters. The molecule has 1 amide bonds. The molecule has 1 atom stereocenters. The molecular formula is C18H21FN2O4S. The maximum absolute atomic E-state index is 14.0. The largest absolute Gasteiger partial charge is 0.464 e. The predicted molar refractivity (Wildman–Crippen MR) is 93.2 cm³/mol. The van der Waals surface area contributed by atoms with Gasteiger partial charge in [0.1, 0.15) is 28.3 Å². The minimum Gasteiger partial charge on any atom is -0.464 e. The van der Waals surface area contributed by atoms with Gasteiger partial charge in [0, 0.05) is 13.6 Å². The zero-order chi connectivity index (χ0) is 18.9. The van der Waals surface area contributed by atoms with Crippen molar-refractivity contribution in [2.75, 3.05) is 13.6 Å². The second-order valence-electron chi connectivity index (χ2n) is 6.41. The number of carbonyl (C=O) groups excluding carboxylic acids is 1. The molecule has 0 saturated carbocycles. The third-order valence-corrected chi connectivity index (χ3v) is 6.42. The van der Waals surface area contributed by atoms with E-state index in [0.29, 0.717) is 18.6 Å². The van der Waals surface area contributed by atoms with Crippen molar-refractivity contribution >= 4 is 15.9 Å². The molecular weight excluding hydrogens is 359 g/mol. The van der Waals surface area contributed by atoms with Gasteiger partial charge in [0.25, 0.3) is 0 Å². The Kier molecular flexibility index (Phi) is 5.15. The van der Waals surface area contributed by atoms with Gasteiger partial charge in [-0.2, -0.15) is 4.31 Å². The number of sulfonamides is 1. The van der Waals surface area contributed by atoms with Crippen LogP contribution in [0.15, 0.2) is 45.7 Å². The molecule has 1 aromatic carbocycles. The first-order chi connectivity index (χ1) is 12.3. The highest BCUT2D eigenvalue weighted by molar-refractivity contribution is 7.89. The molecule has 0 radical (unpaired) electrons. The maximum Gasteiger partial charge on any atom is 0.246 e. The summed E-state index contributed by atoms with van der Waals surface area (Å²) in [7, 11) is -2.47. The monoisotopic (exact) mass is 380 g/mol. The van der Waals surface area contributed by atoms with Crippen molar-refractivity contribution in [1.82, 2.24) is 9.21 Å². The highest BCUT2D eigenvalue weighted by Crippen LogP contribution is 2.28. The fourth-order valence-corrected chi connectivity index (χ4v) is 4.91. The van der Waals surface area contributed by atoms with Gasteiger partial charge in [-0.25, -0.2) is 12.8 Å². The topological polar surface area (TPSA) is 70.8 Å². The van der Waals surface area contributed by atoms with E-state index in [1.807, 2.05) is 6.92 Å². The van der Waals surface area contributed by atoms with Crippen molar-refractivity contribution in [2.24, 2.45) is 0 Å². The number of hydrogen-bond donors (Lipinski definition) is 0. The van der Waals surface area contributed by atoms with Crippen LogP contribution < -0.4 is 0 Å². The van der Waals surface area contributed by atoms with E-state index in [2.05, 4.69) is 0 Å². The molecule has 140 valence electrons. The van der Waals surface area contributed by atoms with Crippen LogP contribution in [0.4, 0.5) is 4.39 Å². The van der Waals surface area contributed by atoms with Gasteiger partial charge in [0.05, 0.1) is 6.54 Å². The van der Waals surface area contributed by atoms with Gasteiger partial charge in [-0.3, -0.25) is 4.79 Å². The van der Waals surface area contributed by atoms with E-state index in [1.54, 1.807) is 19.2 Å². The molecule has 0 aliphatic carbocycles. The summed E-state index contributed by atoms with van der Waals surface area (Å²) in [6.07, 6.45) is 0.964. The van der Waals surface area contributed by atoms with E-state index in [9.17, 15) is 17.6 Å². The summed E-state index contributed by atoms with van der Waals surface area (Å²) < 4.78 is 46.3. The zero-order valence-electron chi connectivity index (χ0n) is 14.7. The van der Waals surface area contributed by atoms with Crippen molar-refractivity contribution in [3.63, 3.8) is 0 Å². The minimum absolute atomic E-state index is 0.195. The lowest BCUT2D eigenvalue weighted by Crippen LogP contribution is -2.46. The van der Waals surface area contributed by atoms with Crippen molar-refractivity contribution in [3.05, 3.63) is 53.7 Å².